The Morgan fingerprint density at radius 1 is 0.872 bits per heavy atom. The number of aromatic nitrogens is 1. The lowest BCUT2D eigenvalue weighted by Crippen LogP contribution is -2.29. The van der Waals surface area contributed by atoms with Gasteiger partial charge in [0.25, 0.3) is 0 Å². The average Bonchev–Trinajstić information content (AvgIpc) is 3.59. The van der Waals surface area contributed by atoms with Crippen LogP contribution in [-0.2, 0) is 0 Å². The maximum Gasteiger partial charge on any atom is 0.336 e. The number of anilines is 1. The second-order valence-corrected chi connectivity index (χ2v) is 9.35. The number of carboxylic acid groups (broad SMARTS) is 1. The lowest BCUT2D eigenvalue weighted by Gasteiger charge is -2.26. The number of para-hydroxylation sites is 1. The summed E-state index contributed by atoms with van der Waals surface area (Å²) in [6.45, 7) is 0. The van der Waals surface area contributed by atoms with Crippen LogP contribution in [-0.4, -0.2) is 21.2 Å². The van der Waals surface area contributed by atoms with E-state index in [4.69, 9.17) is 21.4 Å². The number of aromatic carboxylic acids is 1. The zero-order valence-corrected chi connectivity index (χ0v) is 21.4. The highest BCUT2D eigenvalue weighted by atomic mass is 32.1. The number of nitrogens with one attached hydrogen (secondary N) is 1. The van der Waals surface area contributed by atoms with E-state index in [9.17, 15) is 9.90 Å². The summed E-state index contributed by atoms with van der Waals surface area (Å²) >= 11 is 5.81. The lowest BCUT2D eigenvalue weighted by molar-refractivity contribution is 0.0697. The van der Waals surface area contributed by atoms with Crippen LogP contribution in [0.1, 0.15) is 33.9 Å². The van der Waals surface area contributed by atoms with E-state index in [2.05, 4.69) is 10.3 Å². The number of nitrogens with zero attached hydrogens (tertiary/aromatic N) is 2. The molecule has 8 heteroatoms. The van der Waals surface area contributed by atoms with Crippen molar-refractivity contribution in [2.24, 2.45) is 0 Å². The second-order valence-electron chi connectivity index (χ2n) is 8.96. The molecule has 3 heterocycles. The molecule has 0 amide bonds. The van der Waals surface area contributed by atoms with Crippen LogP contribution >= 0.6 is 12.2 Å². The molecule has 1 saturated heterocycles. The molecule has 0 radical (unpaired) electrons. The summed E-state index contributed by atoms with van der Waals surface area (Å²) in [5, 5.41) is 13.6. The van der Waals surface area contributed by atoms with Gasteiger partial charge in [0.2, 0.25) is 0 Å². The van der Waals surface area contributed by atoms with E-state index in [0.29, 0.717) is 27.9 Å². The van der Waals surface area contributed by atoms with Gasteiger partial charge in [-0.1, -0.05) is 42.5 Å². The van der Waals surface area contributed by atoms with Crippen molar-refractivity contribution in [3.8, 4) is 22.8 Å². The number of carboxylic acids is 1. The van der Waals surface area contributed by atoms with Crippen molar-refractivity contribution in [1.29, 1.82) is 0 Å². The molecule has 5 aromatic rings. The number of benzene rings is 3. The summed E-state index contributed by atoms with van der Waals surface area (Å²) in [4.78, 5) is 18.4. The van der Waals surface area contributed by atoms with Gasteiger partial charge in [0.1, 0.15) is 29.1 Å². The van der Waals surface area contributed by atoms with Crippen molar-refractivity contribution in [3.05, 3.63) is 132 Å². The Bertz CT molecular complexity index is 1620. The topological polar surface area (TPSA) is 87.8 Å². The summed E-state index contributed by atoms with van der Waals surface area (Å²) < 4.78 is 12.3. The van der Waals surface area contributed by atoms with Gasteiger partial charge in [0, 0.05) is 17.4 Å². The molecular formula is C31H23N3O4S. The van der Waals surface area contributed by atoms with Gasteiger partial charge in [-0.15, -0.1) is 0 Å². The summed E-state index contributed by atoms with van der Waals surface area (Å²) in [6, 6.07) is 32.8. The van der Waals surface area contributed by atoms with Crippen LogP contribution in [0.15, 0.2) is 120 Å². The summed E-state index contributed by atoms with van der Waals surface area (Å²) in [5.74, 6) is 1.52. The van der Waals surface area contributed by atoms with Crippen LogP contribution in [0.5, 0.6) is 11.5 Å². The summed E-state index contributed by atoms with van der Waals surface area (Å²) in [7, 11) is 0. The fraction of sp³-hybridized carbons (Fsp3) is 0.0645. The number of pyridine rings is 1. The van der Waals surface area contributed by atoms with Crippen molar-refractivity contribution >= 4 is 29.0 Å². The third kappa shape index (κ3) is 4.85. The normalized spacial score (nSPS) is 16.6. The Kier molecular flexibility index (Phi) is 6.52. The van der Waals surface area contributed by atoms with E-state index in [1.165, 1.54) is 0 Å². The predicted molar refractivity (Wildman–Crippen MR) is 152 cm³/mol. The third-order valence-corrected chi connectivity index (χ3v) is 6.85. The number of thiocarbonyl (C=S) groups is 1. The molecule has 1 fully saturated rings. The highest BCUT2D eigenvalue weighted by Gasteiger charge is 2.42. The highest BCUT2D eigenvalue weighted by molar-refractivity contribution is 7.80. The van der Waals surface area contributed by atoms with E-state index in [0.717, 1.165) is 17.1 Å². The Morgan fingerprint density at radius 3 is 2.33 bits per heavy atom. The molecule has 1 aliphatic rings. The van der Waals surface area contributed by atoms with Crippen LogP contribution < -0.4 is 15.0 Å². The zero-order valence-electron chi connectivity index (χ0n) is 20.6. The number of hydrogen-bond acceptors (Lipinski definition) is 5. The maximum absolute atomic E-state index is 11.8. The van der Waals surface area contributed by atoms with Crippen molar-refractivity contribution in [2.45, 2.75) is 12.1 Å². The monoisotopic (exact) mass is 533 g/mol. The van der Waals surface area contributed by atoms with E-state index in [-0.39, 0.29) is 17.6 Å². The number of rotatable bonds is 7. The van der Waals surface area contributed by atoms with Gasteiger partial charge in [0.15, 0.2) is 5.11 Å². The number of carbonyl (C=O) groups is 1. The molecule has 0 unspecified atom stereocenters. The van der Waals surface area contributed by atoms with Gasteiger partial charge in [-0.2, -0.15) is 0 Å². The molecule has 7 nitrogen and oxygen atoms in total. The molecule has 0 spiro atoms. The first-order valence-corrected chi connectivity index (χ1v) is 12.8. The quantitative estimate of drug-likeness (QED) is 0.216. The molecular weight excluding hydrogens is 510 g/mol. The minimum absolute atomic E-state index is 0.172. The van der Waals surface area contributed by atoms with Crippen molar-refractivity contribution in [3.63, 3.8) is 0 Å². The first-order chi connectivity index (χ1) is 19.1. The van der Waals surface area contributed by atoms with Gasteiger partial charge in [0.05, 0.1) is 17.3 Å². The van der Waals surface area contributed by atoms with Gasteiger partial charge in [-0.25, -0.2) is 4.79 Å². The average molecular weight is 534 g/mol. The Balaban J connectivity index is 1.38. The molecule has 192 valence electrons. The first kappa shape index (κ1) is 24.4. The molecule has 2 aromatic heterocycles. The van der Waals surface area contributed by atoms with E-state index in [1.54, 1.807) is 36.5 Å². The van der Waals surface area contributed by atoms with Gasteiger partial charge in [-0.3, -0.25) is 4.98 Å². The molecule has 39 heavy (non-hydrogen) atoms. The summed E-state index contributed by atoms with van der Waals surface area (Å²) in [6.07, 6.45) is 1.74. The zero-order chi connectivity index (χ0) is 26.8. The Morgan fingerprint density at radius 2 is 1.59 bits per heavy atom. The molecule has 2 N–H and O–H groups in total. The molecule has 0 bridgehead atoms. The Hall–Kier alpha value is -4.95. The fourth-order valence-corrected chi connectivity index (χ4v) is 5.11. The first-order valence-electron chi connectivity index (χ1n) is 12.3. The lowest BCUT2D eigenvalue weighted by atomic mass is 10.0. The number of ether oxygens (including phenoxy) is 1. The van der Waals surface area contributed by atoms with Gasteiger partial charge in [-0.05, 0) is 78.9 Å². The van der Waals surface area contributed by atoms with E-state index >= 15 is 0 Å². The van der Waals surface area contributed by atoms with Crippen molar-refractivity contribution in [2.75, 3.05) is 4.90 Å². The number of furan rings is 1. The molecule has 3 aromatic carbocycles. The Labute approximate surface area is 230 Å². The van der Waals surface area contributed by atoms with E-state index in [1.807, 2.05) is 83.8 Å². The minimum atomic E-state index is -1.02. The molecule has 0 saturated carbocycles. The van der Waals surface area contributed by atoms with Crippen LogP contribution in [0.4, 0.5) is 5.69 Å². The van der Waals surface area contributed by atoms with Crippen LogP contribution in [0.25, 0.3) is 11.3 Å². The standard InChI is InChI=1S/C31H23N3O4S/c35-30(36)24-11-5-4-10-23(24)26-17-18-27(38-26)29-28(25-12-6-7-19-32-25)33-31(39)34(29)20-13-15-22(16-14-20)37-21-8-2-1-3-9-21/h1-19,28-29H,(H,33,39)(H,35,36)/t28-,29+/m1/s1. The molecule has 1 aliphatic heterocycles. The van der Waals surface area contributed by atoms with Crippen molar-refractivity contribution < 1.29 is 19.1 Å². The fourth-order valence-electron chi connectivity index (χ4n) is 4.76. The van der Waals surface area contributed by atoms with Gasteiger partial charge >= 0.3 is 5.97 Å². The smallest absolute Gasteiger partial charge is 0.336 e. The van der Waals surface area contributed by atoms with Crippen molar-refractivity contribution in [1.82, 2.24) is 10.3 Å². The van der Waals surface area contributed by atoms with Crippen LogP contribution in [0, 0.1) is 0 Å². The predicted octanol–water partition coefficient (Wildman–Crippen LogP) is 7.01. The molecule has 0 aliphatic carbocycles. The van der Waals surface area contributed by atoms with Gasteiger partial charge < -0.3 is 24.5 Å². The maximum atomic E-state index is 11.8. The molecule has 2 atom stereocenters. The number of hydrogen-bond donors (Lipinski definition) is 2. The molecule has 6 rings (SSSR count). The summed E-state index contributed by atoms with van der Waals surface area (Å²) in [5.41, 5.74) is 2.33. The largest absolute Gasteiger partial charge is 0.478 e. The SMILES string of the molecule is O=C(O)c1ccccc1-c1ccc([C@H]2[C@@H](c3ccccn3)NC(=S)N2c2ccc(Oc3ccccc3)cc2)o1. The van der Waals surface area contributed by atoms with E-state index < -0.39 is 5.97 Å². The second kappa shape index (κ2) is 10.4. The highest BCUT2D eigenvalue weighted by Crippen LogP contribution is 2.43. The van der Waals surface area contributed by atoms with Crippen LogP contribution in [0.3, 0.4) is 0 Å². The van der Waals surface area contributed by atoms with Crippen LogP contribution in [0.2, 0.25) is 0 Å². The third-order valence-electron chi connectivity index (χ3n) is 6.53. The minimum Gasteiger partial charge on any atom is -0.478 e.